The van der Waals surface area contributed by atoms with E-state index in [1.807, 2.05) is 13.0 Å². The molecule has 0 saturated heterocycles. The number of carbonyl (C=O) groups is 2. The fraction of sp³-hybridized carbons (Fsp3) is 0.182. The van der Waals surface area contributed by atoms with Crippen molar-refractivity contribution in [3.8, 4) is 0 Å². The average molecular weight is 393 g/mol. The first kappa shape index (κ1) is 18.9. The Kier molecular flexibility index (Phi) is 4.88. The average Bonchev–Trinajstić information content (AvgIpc) is 2.67. The second kappa shape index (κ2) is 7.50. The minimum absolute atomic E-state index is 0.244. The van der Waals surface area contributed by atoms with Crippen molar-refractivity contribution in [2.45, 2.75) is 26.2 Å². The summed E-state index contributed by atoms with van der Waals surface area (Å²) in [5.41, 5.74) is 3.10. The number of fused-ring (bicyclic) bond motifs is 1. The predicted molar refractivity (Wildman–Crippen MR) is 106 cm³/mol. The molecule has 0 aliphatic carbocycles. The van der Waals surface area contributed by atoms with Crippen LogP contribution in [0.5, 0.6) is 0 Å². The monoisotopic (exact) mass is 393 g/mol. The number of aryl methyl sites for hydroxylation is 2. The number of hydrogen-bond acceptors (Lipinski definition) is 3. The van der Waals surface area contributed by atoms with Crippen LogP contribution in [0.15, 0.2) is 64.2 Å². The van der Waals surface area contributed by atoms with Crippen LogP contribution in [0.3, 0.4) is 0 Å². The van der Waals surface area contributed by atoms with Gasteiger partial charge in [-0.3, -0.25) is 9.79 Å². The van der Waals surface area contributed by atoms with Crippen LogP contribution in [0.25, 0.3) is 0 Å². The summed E-state index contributed by atoms with van der Waals surface area (Å²) in [6.45, 7) is 1.87. The first-order valence-electron chi connectivity index (χ1n) is 9.15. The van der Waals surface area contributed by atoms with E-state index >= 15 is 0 Å². The molecule has 0 aromatic heterocycles. The Balaban J connectivity index is 1.54. The number of urea groups is 1. The molecule has 0 saturated carbocycles. The highest BCUT2D eigenvalue weighted by atomic mass is 19.1. The summed E-state index contributed by atoms with van der Waals surface area (Å²) in [5.74, 6) is -1.69. The van der Waals surface area contributed by atoms with E-state index in [1.165, 1.54) is 18.3 Å². The lowest BCUT2D eigenvalue weighted by Gasteiger charge is -2.27. The van der Waals surface area contributed by atoms with Crippen LogP contribution in [0.4, 0.5) is 19.3 Å². The molecule has 0 radical (unpaired) electrons. The molecule has 5 nitrogen and oxygen atoms in total. The van der Waals surface area contributed by atoms with Gasteiger partial charge in [0.05, 0.1) is 17.0 Å². The van der Waals surface area contributed by atoms with Crippen molar-refractivity contribution in [3.05, 3.63) is 77.0 Å². The summed E-state index contributed by atoms with van der Waals surface area (Å²) in [6.07, 6.45) is 2.40. The van der Waals surface area contributed by atoms with E-state index in [2.05, 4.69) is 9.98 Å². The molecule has 7 heteroatoms. The first-order chi connectivity index (χ1) is 13.9. The van der Waals surface area contributed by atoms with Gasteiger partial charge in [0.1, 0.15) is 11.6 Å². The largest absolute Gasteiger partial charge is 0.355 e. The van der Waals surface area contributed by atoms with Gasteiger partial charge in [-0.1, -0.05) is 18.2 Å². The highest BCUT2D eigenvalue weighted by molar-refractivity contribution is 6.40. The molecule has 2 aromatic carbocycles. The van der Waals surface area contributed by atoms with Crippen molar-refractivity contribution in [1.82, 2.24) is 0 Å². The summed E-state index contributed by atoms with van der Waals surface area (Å²) in [7, 11) is 0. The van der Waals surface area contributed by atoms with E-state index in [0.29, 0.717) is 35.5 Å². The number of halogens is 2. The van der Waals surface area contributed by atoms with Crippen molar-refractivity contribution in [2.24, 2.45) is 9.98 Å². The second-order valence-corrected chi connectivity index (χ2v) is 6.97. The molecule has 0 bridgehead atoms. The number of rotatable bonds is 4. The molecule has 0 fully saturated rings. The zero-order chi connectivity index (χ0) is 20.5. The van der Waals surface area contributed by atoms with Gasteiger partial charge in [-0.2, -0.15) is 4.99 Å². The van der Waals surface area contributed by atoms with Crippen LogP contribution in [0, 0.1) is 18.6 Å². The number of amides is 3. The predicted octanol–water partition coefficient (Wildman–Crippen LogP) is 4.54. The lowest BCUT2D eigenvalue weighted by Crippen LogP contribution is -2.43. The van der Waals surface area contributed by atoms with Crippen LogP contribution >= 0.6 is 0 Å². The van der Waals surface area contributed by atoms with Crippen molar-refractivity contribution < 1.29 is 18.4 Å². The molecule has 0 spiro atoms. The smallest absolute Gasteiger partial charge is 0.268 e. The van der Waals surface area contributed by atoms with Gasteiger partial charge in [-0.25, -0.2) is 18.5 Å². The van der Waals surface area contributed by atoms with Crippen molar-refractivity contribution in [3.63, 3.8) is 0 Å². The van der Waals surface area contributed by atoms with Crippen LogP contribution in [0.1, 0.15) is 24.0 Å². The quantitative estimate of drug-likeness (QED) is 0.766. The molecular weight excluding hydrogens is 376 g/mol. The molecule has 2 aliphatic rings. The van der Waals surface area contributed by atoms with Crippen LogP contribution in [0.2, 0.25) is 0 Å². The maximum atomic E-state index is 13.8. The third-order valence-corrected chi connectivity index (χ3v) is 4.87. The number of imide groups is 1. The molecule has 0 atom stereocenters. The summed E-state index contributed by atoms with van der Waals surface area (Å²) in [5, 5.41) is 0. The number of nitrogens with zero attached hydrogens (tertiary/aromatic N) is 3. The Hall–Kier alpha value is -3.48. The minimum Gasteiger partial charge on any atom is -0.268 e. The fourth-order valence-electron chi connectivity index (χ4n) is 3.37. The molecular formula is C22H17F2N3O2. The molecule has 4 rings (SSSR count). The van der Waals surface area contributed by atoms with Crippen LogP contribution < -0.4 is 4.90 Å². The van der Waals surface area contributed by atoms with Crippen molar-refractivity contribution in [2.75, 3.05) is 4.90 Å². The minimum atomic E-state index is -0.640. The Labute approximate surface area is 166 Å². The maximum Gasteiger partial charge on any atom is 0.355 e. The normalized spacial score (nSPS) is 16.2. The summed E-state index contributed by atoms with van der Waals surface area (Å²) < 4.78 is 26.8. The lowest BCUT2D eigenvalue weighted by atomic mass is 9.96. The van der Waals surface area contributed by atoms with Gasteiger partial charge < -0.3 is 0 Å². The van der Waals surface area contributed by atoms with E-state index in [0.717, 1.165) is 16.5 Å². The summed E-state index contributed by atoms with van der Waals surface area (Å²) >= 11 is 0. The first-order valence-corrected chi connectivity index (χ1v) is 9.15. The van der Waals surface area contributed by atoms with Crippen molar-refractivity contribution >= 4 is 29.0 Å². The maximum absolute atomic E-state index is 13.8. The highest BCUT2D eigenvalue weighted by Gasteiger charge is 2.35. The van der Waals surface area contributed by atoms with E-state index < -0.39 is 23.6 Å². The number of hydrogen-bond donors (Lipinski definition) is 0. The zero-order valence-corrected chi connectivity index (χ0v) is 15.7. The SMILES string of the molecule is Cc1cccc(N2C(=O)N=C3CC(CCc4ccc(F)cc4F)=NC=C3C2=O)c1. The molecule has 0 N–H and O–H groups in total. The van der Waals surface area contributed by atoms with E-state index in [9.17, 15) is 18.4 Å². The third-order valence-electron chi connectivity index (χ3n) is 4.87. The molecule has 29 heavy (non-hydrogen) atoms. The topological polar surface area (TPSA) is 62.1 Å². The standard InChI is InChI=1S/C22H17F2N3O2/c1-13-3-2-4-17(9-13)27-21(28)18-12-25-16(11-20(18)26-22(27)29)8-6-14-5-7-15(23)10-19(14)24/h2-5,7,9-10,12H,6,8,11H2,1H3. The summed E-state index contributed by atoms with van der Waals surface area (Å²) in [6, 6.07) is 9.88. The van der Waals surface area contributed by atoms with Gasteiger partial charge >= 0.3 is 6.03 Å². The molecule has 0 unspecified atom stereocenters. The summed E-state index contributed by atoms with van der Waals surface area (Å²) in [4.78, 5) is 34.8. The fourth-order valence-corrected chi connectivity index (χ4v) is 3.37. The van der Waals surface area contributed by atoms with Gasteiger partial charge in [0.15, 0.2) is 0 Å². The molecule has 146 valence electrons. The number of benzene rings is 2. The Morgan fingerprint density at radius 3 is 2.66 bits per heavy atom. The third kappa shape index (κ3) is 3.76. The molecule has 3 amide bonds. The molecule has 2 aromatic rings. The van der Waals surface area contributed by atoms with Crippen LogP contribution in [-0.2, 0) is 11.2 Å². The van der Waals surface area contributed by atoms with Gasteiger partial charge in [-0.15, -0.1) is 0 Å². The van der Waals surface area contributed by atoms with Gasteiger partial charge in [0.25, 0.3) is 5.91 Å². The van der Waals surface area contributed by atoms with E-state index in [4.69, 9.17) is 0 Å². The van der Waals surface area contributed by atoms with Crippen LogP contribution in [-0.4, -0.2) is 23.4 Å². The Bertz CT molecular complexity index is 1120. The zero-order valence-electron chi connectivity index (χ0n) is 15.7. The molecule has 2 heterocycles. The van der Waals surface area contributed by atoms with E-state index in [1.54, 1.807) is 18.2 Å². The number of anilines is 1. The van der Waals surface area contributed by atoms with E-state index in [-0.39, 0.29) is 12.0 Å². The second-order valence-electron chi connectivity index (χ2n) is 6.97. The van der Waals surface area contributed by atoms with Gasteiger partial charge in [0, 0.05) is 24.4 Å². The Morgan fingerprint density at radius 1 is 1.07 bits per heavy atom. The number of carbonyl (C=O) groups excluding carboxylic acids is 2. The Morgan fingerprint density at radius 2 is 1.90 bits per heavy atom. The lowest BCUT2D eigenvalue weighted by molar-refractivity contribution is -0.114. The van der Waals surface area contributed by atoms with Gasteiger partial charge in [0.2, 0.25) is 0 Å². The number of aliphatic imine (C=N–C) groups is 2. The van der Waals surface area contributed by atoms with Crippen molar-refractivity contribution in [1.29, 1.82) is 0 Å². The van der Waals surface area contributed by atoms with Gasteiger partial charge in [-0.05, 0) is 49.1 Å². The highest BCUT2D eigenvalue weighted by Crippen LogP contribution is 2.26. The molecule has 2 aliphatic heterocycles.